The maximum atomic E-state index is 10.6. The molecule has 3 nitrogen and oxygen atoms in total. The van der Waals surface area contributed by atoms with E-state index in [4.69, 9.17) is 10.8 Å². The molecule has 0 bridgehead atoms. The fourth-order valence-corrected chi connectivity index (χ4v) is 1.89. The van der Waals surface area contributed by atoms with Gasteiger partial charge in [0.25, 0.3) is 0 Å². The maximum absolute atomic E-state index is 10.6. The molecule has 70 valence electrons. The molecule has 0 spiro atoms. The lowest BCUT2D eigenvalue weighted by atomic mass is 10.2. The van der Waals surface area contributed by atoms with Crippen LogP contribution in [0.2, 0.25) is 0 Å². The van der Waals surface area contributed by atoms with E-state index in [0.29, 0.717) is 11.4 Å². The van der Waals surface area contributed by atoms with Crippen molar-refractivity contribution < 1.29 is 9.90 Å². The van der Waals surface area contributed by atoms with Crippen molar-refractivity contribution in [3.8, 4) is 0 Å². The number of carbonyl (C=O) groups is 1. The lowest BCUT2D eigenvalue weighted by molar-refractivity contribution is 0.0702. The van der Waals surface area contributed by atoms with Gasteiger partial charge in [-0.3, -0.25) is 0 Å². The molecule has 0 amide bonds. The molecular weight excluding hydrogens is 186 g/mol. The summed E-state index contributed by atoms with van der Waals surface area (Å²) < 4.78 is 0. The van der Waals surface area contributed by atoms with Gasteiger partial charge < -0.3 is 10.8 Å². The van der Waals surface area contributed by atoms with Crippen molar-refractivity contribution in [2.24, 2.45) is 5.73 Å². The molecular formula is C9H11NO2S. The van der Waals surface area contributed by atoms with E-state index in [0.717, 1.165) is 10.4 Å². The summed E-state index contributed by atoms with van der Waals surface area (Å²) in [4.78, 5) is 11.9. The van der Waals surface area contributed by atoms with E-state index in [1.54, 1.807) is 6.07 Å². The Bertz CT molecular complexity index is 341. The zero-order valence-corrected chi connectivity index (χ0v) is 8.10. The van der Waals surface area contributed by atoms with E-state index < -0.39 is 5.97 Å². The van der Waals surface area contributed by atoms with Crippen molar-refractivity contribution >= 4 is 23.4 Å². The maximum Gasteiger partial charge on any atom is 0.345 e. The minimum absolute atomic E-state index is 0.370. The Morgan fingerprint density at radius 1 is 1.77 bits per heavy atom. The van der Waals surface area contributed by atoms with Crippen LogP contribution >= 0.6 is 11.3 Å². The van der Waals surface area contributed by atoms with Gasteiger partial charge in [0.05, 0.1) is 0 Å². The number of aryl methyl sites for hydroxylation is 1. The number of hydrogen-bond acceptors (Lipinski definition) is 3. The molecule has 0 aromatic carbocycles. The van der Waals surface area contributed by atoms with Crippen LogP contribution in [0.1, 0.15) is 20.1 Å². The number of rotatable bonds is 3. The van der Waals surface area contributed by atoms with Crippen LogP contribution in [-0.4, -0.2) is 17.6 Å². The Hall–Kier alpha value is -1.13. The monoisotopic (exact) mass is 197 g/mol. The number of hydrogen-bond donors (Lipinski definition) is 2. The predicted octanol–water partition coefficient (Wildman–Crippen LogP) is 1.73. The number of thiophene rings is 1. The van der Waals surface area contributed by atoms with Gasteiger partial charge in [-0.25, -0.2) is 4.79 Å². The highest BCUT2D eigenvalue weighted by Gasteiger charge is 2.08. The van der Waals surface area contributed by atoms with Crippen LogP contribution in [0.25, 0.3) is 6.08 Å². The van der Waals surface area contributed by atoms with E-state index in [1.165, 1.54) is 11.3 Å². The topological polar surface area (TPSA) is 63.3 Å². The second kappa shape index (κ2) is 4.20. The van der Waals surface area contributed by atoms with Gasteiger partial charge in [0.15, 0.2) is 0 Å². The van der Waals surface area contributed by atoms with Crippen LogP contribution in [0, 0.1) is 6.92 Å². The molecule has 0 atom stereocenters. The first-order valence-corrected chi connectivity index (χ1v) is 4.67. The number of nitrogens with two attached hydrogens (primary N) is 1. The lowest BCUT2D eigenvalue weighted by Gasteiger charge is -1.86. The first kappa shape index (κ1) is 9.95. The highest BCUT2D eigenvalue weighted by atomic mass is 32.1. The Morgan fingerprint density at radius 3 is 2.92 bits per heavy atom. The van der Waals surface area contributed by atoms with Crippen LogP contribution in [0.5, 0.6) is 0 Å². The fraction of sp³-hybridized carbons (Fsp3) is 0.222. The van der Waals surface area contributed by atoms with Crippen molar-refractivity contribution in [1.82, 2.24) is 0 Å². The Morgan fingerprint density at radius 2 is 2.46 bits per heavy atom. The van der Waals surface area contributed by atoms with E-state index in [2.05, 4.69) is 0 Å². The third-order valence-electron chi connectivity index (χ3n) is 1.57. The molecule has 0 fully saturated rings. The van der Waals surface area contributed by atoms with Gasteiger partial charge >= 0.3 is 5.97 Å². The molecule has 0 saturated carbocycles. The third-order valence-corrected chi connectivity index (χ3v) is 2.76. The summed E-state index contributed by atoms with van der Waals surface area (Å²) in [7, 11) is 0. The number of carboxylic acid groups (broad SMARTS) is 1. The molecule has 1 heterocycles. The third kappa shape index (κ3) is 2.40. The summed E-state index contributed by atoms with van der Waals surface area (Å²) in [5.41, 5.74) is 6.27. The van der Waals surface area contributed by atoms with Gasteiger partial charge in [0.1, 0.15) is 4.88 Å². The first-order valence-electron chi connectivity index (χ1n) is 3.85. The minimum atomic E-state index is -0.875. The Labute approximate surface area is 80.5 Å². The van der Waals surface area contributed by atoms with Crippen molar-refractivity contribution in [3.63, 3.8) is 0 Å². The molecule has 3 N–H and O–H groups in total. The molecule has 1 aromatic rings. The molecule has 0 saturated heterocycles. The molecule has 4 heteroatoms. The summed E-state index contributed by atoms with van der Waals surface area (Å²) in [6.45, 7) is 2.36. The largest absolute Gasteiger partial charge is 0.477 e. The van der Waals surface area contributed by atoms with E-state index in [1.807, 2.05) is 19.1 Å². The fourth-order valence-electron chi connectivity index (χ4n) is 0.942. The van der Waals surface area contributed by atoms with Crippen molar-refractivity contribution in [2.45, 2.75) is 6.92 Å². The second-order valence-electron chi connectivity index (χ2n) is 2.60. The van der Waals surface area contributed by atoms with Crippen LogP contribution in [0.4, 0.5) is 0 Å². The molecule has 1 rings (SSSR count). The van der Waals surface area contributed by atoms with Crippen LogP contribution in [0.15, 0.2) is 12.1 Å². The summed E-state index contributed by atoms with van der Waals surface area (Å²) >= 11 is 1.27. The molecule has 0 aliphatic carbocycles. The Kier molecular flexibility index (Phi) is 3.22. The van der Waals surface area contributed by atoms with Gasteiger partial charge in [0, 0.05) is 11.4 Å². The summed E-state index contributed by atoms with van der Waals surface area (Å²) in [6.07, 6.45) is 3.66. The van der Waals surface area contributed by atoms with Gasteiger partial charge in [0.2, 0.25) is 0 Å². The van der Waals surface area contributed by atoms with Crippen LogP contribution < -0.4 is 5.73 Å². The van der Waals surface area contributed by atoms with Gasteiger partial charge in [-0.05, 0) is 24.6 Å². The number of carboxylic acids is 1. The summed E-state index contributed by atoms with van der Waals surface area (Å²) in [5.74, 6) is -0.875. The van der Waals surface area contributed by atoms with E-state index in [-0.39, 0.29) is 0 Å². The minimum Gasteiger partial charge on any atom is -0.477 e. The molecule has 1 aromatic heterocycles. The highest BCUT2D eigenvalue weighted by molar-refractivity contribution is 7.15. The van der Waals surface area contributed by atoms with Crippen molar-refractivity contribution in [2.75, 3.05) is 6.54 Å². The van der Waals surface area contributed by atoms with Crippen molar-refractivity contribution in [1.29, 1.82) is 0 Å². The quantitative estimate of drug-likeness (QED) is 0.775. The van der Waals surface area contributed by atoms with Crippen molar-refractivity contribution in [3.05, 3.63) is 27.5 Å². The number of aromatic carboxylic acids is 1. The van der Waals surface area contributed by atoms with Crippen LogP contribution in [-0.2, 0) is 0 Å². The van der Waals surface area contributed by atoms with Gasteiger partial charge in [-0.15, -0.1) is 11.3 Å². The SMILES string of the molecule is Cc1cc(C(=O)O)sc1C=CCN. The average molecular weight is 197 g/mol. The van der Waals surface area contributed by atoms with Gasteiger partial charge in [-0.1, -0.05) is 6.08 Å². The smallest absolute Gasteiger partial charge is 0.345 e. The lowest BCUT2D eigenvalue weighted by Crippen LogP contribution is -1.91. The zero-order chi connectivity index (χ0) is 9.84. The predicted molar refractivity (Wildman–Crippen MR) is 54.1 cm³/mol. The summed E-state index contributed by atoms with van der Waals surface area (Å²) in [6, 6.07) is 1.67. The average Bonchev–Trinajstić information content (AvgIpc) is 2.44. The first-order chi connectivity index (χ1) is 6.15. The van der Waals surface area contributed by atoms with Crippen LogP contribution in [0.3, 0.4) is 0 Å². The molecule has 0 radical (unpaired) electrons. The van der Waals surface area contributed by atoms with E-state index in [9.17, 15) is 4.79 Å². The molecule has 0 aliphatic rings. The second-order valence-corrected chi connectivity index (χ2v) is 3.68. The standard InChI is InChI=1S/C9H11NO2S/c1-6-5-8(9(11)12)13-7(6)3-2-4-10/h2-3,5H,4,10H2,1H3,(H,11,12). The normalized spacial score (nSPS) is 10.9. The molecule has 0 unspecified atom stereocenters. The Balaban J connectivity index is 2.96. The molecule has 0 aliphatic heterocycles. The van der Waals surface area contributed by atoms with E-state index >= 15 is 0 Å². The molecule has 13 heavy (non-hydrogen) atoms. The van der Waals surface area contributed by atoms with Gasteiger partial charge in [-0.2, -0.15) is 0 Å². The zero-order valence-electron chi connectivity index (χ0n) is 7.28. The summed E-state index contributed by atoms with van der Waals surface area (Å²) in [5, 5.41) is 8.71. The highest BCUT2D eigenvalue weighted by Crippen LogP contribution is 2.22.